The highest BCUT2D eigenvalue weighted by Crippen LogP contribution is 2.26. The fraction of sp³-hybridized carbons (Fsp3) is 0.174. The number of hydrogen-bond donors (Lipinski definition) is 1. The topological polar surface area (TPSA) is 63.2 Å². The van der Waals surface area contributed by atoms with E-state index in [1.807, 2.05) is 30.3 Å². The summed E-state index contributed by atoms with van der Waals surface area (Å²) in [6.45, 7) is 1.62. The van der Waals surface area contributed by atoms with Crippen molar-refractivity contribution >= 4 is 21.5 Å². The number of halogens is 1. The largest absolute Gasteiger partial charge is 0.294 e. The van der Waals surface area contributed by atoms with E-state index in [9.17, 15) is 17.6 Å². The summed E-state index contributed by atoms with van der Waals surface area (Å²) in [5.41, 5.74) is 2.49. The number of anilines is 1. The molecule has 6 heteroatoms. The molecule has 0 aliphatic rings. The van der Waals surface area contributed by atoms with Crippen LogP contribution < -0.4 is 4.72 Å². The summed E-state index contributed by atoms with van der Waals surface area (Å²) in [6, 6.07) is 21.2. The van der Waals surface area contributed by atoms with Gasteiger partial charge in [-0.3, -0.25) is 9.52 Å². The van der Waals surface area contributed by atoms with Gasteiger partial charge in [0.1, 0.15) is 5.82 Å². The number of aryl methyl sites for hydroxylation is 1. The van der Waals surface area contributed by atoms with E-state index in [2.05, 4.69) is 4.72 Å². The Morgan fingerprint density at radius 3 is 2.21 bits per heavy atom. The molecule has 0 aliphatic carbocycles. The van der Waals surface area contributed by atoms with Gasteiger partial charge in [-0.05, 0) is 54.3 Å². The summed E-state index contributed by atoms with van der Waals surface area (Å²) in [6.07, 6.45) is 0.0549. The molecule has 0 atom stereocenters. The van der Waals surface area contributed by atoms with E-state index < -0.39 is 21.6 Å². The average molecular weight is 411 g/mol. The molecule has 0 aromatic heterocycles. The third-order valence-corrected chi connectivity index (χ3v) is 5.90. The van der Waals surface area contributed by atoms with Crippen LogP contribution in [0.1, 0.15) is 28.8 Å². The Morgan fingerprint density at radius 1 is 0.931 bits per heavy atom. The first-order valence-electron chi connectivity index (χ1n) is 9.30. The number of nitrogens with one attached hydrogen (secondary N) is 1. The van der Waals surface area contributed by atoms with Gasteiger partial charge in [0.25, 0.3) is 0 Å². The van der Waals surface area contributed by atoms with Crippen LogP contribution in [0.5, 0.6) is 0 Å². The number of carbonyl (C=O) groups excluding carboxylic acids is 1. The molecule has 0 saturated heterocycles. The minimum atomic E-state index is -3.58. The molecule has 1 N–H and O–H groups in total. The van der Waals surface area contributed by atoms with Crippen LogP contribution >= 0.6 is 0 Å². The molecule has 29 heavy (non-hydrogen) atoms. The second kappa shape index (κ2) is 9.01. The number of benzene rings is 3. The van der Waals surface area contributed by atoms with E-state index in [0.29, 0.717) is 11.3 Å². The molecule has 3 rings (SSSR count). The van der Waals surface area contributed by atoms with Crippen LogP contribution in [0.15, 0.2) is 72.8 Å². The zero-order valence-electron chi connectivity index (χ0n) is 16.1. The average Bonchev–Trinajstić information content (AvgIpc) is 2.70. The van der Waals surface area contributed by atoms with Gasteiger partial charge in [0.15, 0.2) is 5.78 Å². The monoisotopic (exact) mass is 411 g/mol. The van der Waals surface area contributed by atoms with Crippen LogP contribution in [0.25, 0.3) is 11.1 Å². The van der Waals surface area contributed by atoms with Crippen molar-refractivity contribution in [2.75, 3.05) is 10.5 Å². The van der Waals surface area contributed by atoms with Crippen LogP contribution in [-0.4, -0.2) is 20.0 Å². The molecule has 0 heterocycles. The SMILES string of the molecule is Cc1cc(-c2ccccc2)cc(C(=O)CCCS(=O)(=O)Nc2ccccc2)c1F. The van der Waals surface area contributed by atoms with E-state index in [4.69, 9.17) is 0 Å². The summed E-state index contributed by atoms with van der Waals surface area (Å²) in [7, 11) is -3.58. The lowest BCUT2D eigenvalue weighted by Gasteiger charge is -2.10. The second-order valence-corrected chi connectivity index (χ2v) is 8.68. The minimum absolute atomic E-state index is 0.00253. The number of sulfonamides is 1. The normalized spacial score (nSPS) is 11.2. The Kier molecular flexibility index (Phi) is 6.44. The van der Waals surface area contributed by atoms with Gasteiger partial charge in [-0.25, -0.2) is 12.8 Å². The van der Waals surface area contributed by atoms with Gasteiger partial charge in [0, 0.05) is 12.1 Å². The number of rotatable bonds is 8. The number of para-hydroxylation sites is 1. The highest BCUT2D eigenvalue weighted by molar-refractivity contribution is 7.92. The first-order chi connectivity index (χ1) is 13.9. The molecule has 0 radical (unpaired) electrons. The lowest BCUT2D eigenvalue weighted by molar-refractivity contribution is 0.0978. The highest BCUT2D eigenvalue weighted by Gasteiger charge is 2.17. The van der Waals surface area contributed by atoms with Crippen LogP contribution in [0, 0.1) is 12.7 Å². The van der Waals surface area contributed by atoms with Gasteiger partial charge in [-0.1, -0.05) is 48.5 Å². The van der Waals surface area contributed by atoms with E-state index in [-0.39, 0.29) is 24.2 Å². The predicted octanol–water partition coefficient (Wildman–Crippen LogP) is 5.21. The molecule has 0 fully saturated rings. The smallest absolute Gasteiger partial charge is 0.232 e. The number of hydrogen-bond acceptors (Lipinski definition) is 3. The molecule has 4 nitrogen and oxygen atoms in total. The van der Waals surface area contributed by atoms with E-state index in [1.54, 1.807) is 43.3 Å². The molecule has 0 bridgehead atoms. The van der Waals surface area contributed by atoms with Crippen LogP contribution in [0.2, 0.25) is 0 Å². The van der Waals surface area contributed by atoms with Gasteiger partial charge in [-0.2, -0.15) is 0 Å². The Labute approximate surface area is 170 Å². The quantitative estimate of drug-likeness (QED) is 0.518. The fourth-order valence-corrected chi connectivity index (χ4v) is 4.19. The van der Waals surface area contributed by atoms with Crippen LogP contribution in [0.4, 0.5) is 10.1 Å². The molecule has 3 aromatic carbocycles. The predicted molar refractivity (Wildman–Crippen MR) is 114 cm³/mol. The third kappa shape index (κ3) is 5.51. The van der Waals surface area contributed by atoms with Crippen molar-refractivity contribution in [3.8, 4) is 11.1 Å². The van der Waals surface area contributed by atoms with Crippen molar-refractivity contribution in [1.82, 2.24) is 0 Å². The van der Waals surface area contributed by atoms with Gasteiger partial charge >= 0.3 is 0 Å². The maximum atomic E-state index is 14.5. The van der Waals surface area contributed by atoms with Crippen molar-refractivity contribution < 1.29 is 17.6 Å². The number of carbonyl (C=O) groups is 1. The summed E-state index contributed by atoms with van der Waals surface area (Å²) in [5.74, 6) is -1.18. The first kappa shape index (κ1) is 20.7. The number of Topliss-reactive ketones (excluding diaryl/α,β-unsaturated/α-hetero) is 1. The standard InChI is InChI=1S/C23H22FNO3S/c1-17-15-19(18-9-4-2-5-10-18)16-21(23(17)24)22(26)13-8-14-29(27,28)25-20-11-6-3-7-12-20/h2-7,9-12,15-16,25H,8,13-14H2,1H3. The third-order valence-electron chi connectivity index (χ3n) is 4.53. The lowest BCUT2D eigenvalue weighted by Crippen LogP contribution is -2.17. The maximum absolute atomic E-state index is 14.5. The molecule has 3 aromatic rings. The van der Waals surface area contributed by atoms with E-state index >= 15 is 0 Å². The lowest BCUT2D eigenvalue weighted by atomic mass is 9.96. The molecule has 150 valence electrons. The van der Waals surface area contributed by atoms with Crippen molar-refractivity contribution in [2.24, 2.45) is 0 Å². The molecule has 0 saturated carbocycles. The van der Waals surface area contributed by atoms with Crippen molar-refractivity contribution in [1.29, 1.82) is 0 Å². The zero-order chi connectivity index (χ0) is 20.9. The molecular formula is C23H22FNO3S. The van der Waals surface area contributed by atoms with Gasteiger partial charge in [0.2, 0.25) is 10.0 Å². The molecule has 0 unspecified atom stereocenters. The Morgan fingerprint density at radius 2 is 1.55 bits per heavy atom. The summed E-state index contributed by atoms with van der Waals surface area (Å²) in [5, 5.41) is 0. The summed E-state index contributed by atoms with van der Waals surface area (Å²) in [4.78, 5) is 12.6. The van der Waals surface area contributed by atoms with Gasteiger partial charge < -0.3 is 0 Å². The van der Waals surface area contributed by atoms with Gasteiger partial charge in [0.05, 0.1) is 11.3 Å². The van der Waals surface area contributed by atoms with Crippen LogP contribution in [-0.2, 0) is 10.0 Å². The van der Waals surface area contributed by atoms with Crippen molar-refractivity contribution in [2.45, 2.75) is 19.8 Å². The number of ketones is 1. The molecule has 0 amide bonds. The Bertz CT molecular complexity index is 1100. The minimum Gasteiger partial charge on any atom is -0.294 e. The molecular weight excluding hydrogens is 389 g/mol. The van der Waals surface area contributed by atoms with Crippen molar-refractivity contribution in [3.63, 3.8) is 0 Å². The van der Waals surface area contributed by atoms with Crippen molar-refractivity contribution in [3.05, 3.63) is 89.7 Å². The van der Waals surface area contributed by atoms with E-state index in [1.165, 1.54) is 6.07 Å². The fourth-order valence-electron chi connectivity index (χ4n) is 3.06. The summed E-state index contributed by atoms with van der Waals surface area (Å²) < 4.78 is 41.4. The molecule has 0 spiro atoms. The summed E-state index contributed by atoms with van der Waals surface area (Å²) >= 11 is 0. The highest BCUT2D eigenvalue weighted by atomic mass is 32.2. The Balaban J connectivity index is 1.68. The van der Waals surface area contributed by atoms with Gasteiger partial charge in [-0.15, -0.1) is 0 Å². The maximum Gasteiger partial charge on any atom is 0.232 e. The van der Waals surface area contributed by atoms with Crippen LogP contribution in [0.3, 0.4) is 0 Å². The van der Waals surface area contributed by atoms with E-state index in [0.717, 1.165) is 11.1 Å². The Hall–Kier alpha value is -2.99. The zero-order valence-corrected chi connectivity index (χ0v) is 16.9. The second-order valence-electron chi connectivity index (χ2n) is 6.83. The molecule has 0 aliphatic heterocycles. The first-order valence-corrected chi connectivity index (χ1v) is 11.0.